The molecule has 24 heavy (non-hydrogen) atoms. The summed E-state index contributed by atoms with van der Waals surface area (Å²) in [6.07, 6.45) is 0.831. The van der Waals surface area contributed by atoms with Gasteiger partial charge in [0.25, 0.3) is 0 Å². The van der Waals surface area contributed by atoms with Gasteiger partial charge in [-0.25, -0.2) is 0 Å². The van der Waals surface area contributed by atoms with Crippen molar-refractivity contribution in [2.75, 3.05) is 0 Å². The molecule has 0 aliphatic rings. The van der Waals surface area contributed by atoms with Crippen LogP contribution in [-0.2, 0) is 13.0 Å². The van der Waals surface area contributed by atoms with Gasteiger partial charge in [-0.15, -0.1) is 0 Å². The van der Waals surface area contributed by atoms with E-state index in [1.54, 1.807) is 12.1 Å². The Morgan fingerprint density at radius 1 is 0.792 bits per heavy atom. The van der Waals surface area contributed by atoms with Crippen LogP contribution in [0.1, 0.15) is 27.0 Å². The highest BCUT2D eigenvalue weighted by molar-refractivity contribution is 5.92. The van der Waals surface area contributed by atoms with E-state index in [0.717, 1.165) is 23.3 Å². The molecule has 3 aromatic carbocycles. The topological polar surface area (TPSA) is 52.3 Å². The highest BCUT2D eigenvalue weighted by Gasteiger charge is 2.05. The minimum absolute atomic E-state index is 0.421. The Kier molecular flexibility index (Phi) is 4.92. The Morgan fingerprint density at radius 2 is 1.46 bits per heavy atom. The first kappa shape index (κ1) is 15.8. The number of benzene rings is 3. The van der Waals surface area contributed by atoms with Crippen molar-refractivity contribution in [3.8, 4) is 5.75 Å². The van der Waals surface area contributed by atoms with Gasteiger partial charge in [0, 0.05) is 12.0 Å². The summed E-state index contributed by atoms with van der Waals surface area (Å²) >= 11 is 0. The lowest BCUT2D eigenvalue weighted by Gasteiger charge is -2.12. The van der Waals surface area contributed by atoms with Crippen LogP contribution in [0.5, 0.6) is 5.75 Å². The molecule has 3 aromatic rings. The number of rotatable bonds is 6. The maximum Gasteiger partial charge on any atom is 0.248 e. The third kappa shape index (κ3) is 4.02. The van der Waals surface area contributed by atoms with Gasteiger partial charge in [0.05, 0.1) is 0 Å². The summed E-state index contributed by atoms with van der Waals surface area (Å²) in [6.45, 7) is 0.449. The van der Waals surface area contributed by atoms with E-state index in [2.05, 4.69) is 18.2 Å². The van der Waals surface area contributed by atoms with Crippen LogP contribution in [-0.4, -0.2) is 5.91 Å². The van der Waals surface area contributed by atoms with E-state index in [1.807, 2.05) is 48.5 Å². The fourth-order valence-electron chi connectivity index (χ4n) is 2.53. The van der Waals surface area contributed by atoms with Gasteiger partial charge in [-0.3, -0.25) is 4.79 Å². The van der Waals surface area contributed by atoms with Crippen LogP contribution in [0.25, 0.3) is 0 Å². The molecule has 0 fully saturated rings. The maximum absolute atomic E-state index is 11.1. The van der Waals surface area contributed by atoms with E-state index in [9.17, 15) is 4.79 Å². The molecular weight excluding hydrogens is 298 g/mol. The van der Waals surface area contributed by atoms with Crippen LogP contribution in [0.4, 0.5) is 0 Å². The van der Waals surface area contributed by atoms with Gasteiger partial charge < -0.3 is 10.5 Å². The molecule has 3 heteroatoms. The first-order valence-corrected chi connectivity index (χ1v) is 7.86. The summed E-state index contributed by atoms with van der Waals surface area (Å²) in [5.41, 5.74) is 9.15. The number of para-hydroxylation sites is 1. The summed E-state index contributed by atoms with van der Waals surface area (Å²) in [7, 11) is 0. The molecule has 0 saturated carbocycles. The maximum atomic E-state index is 11.1. The van der Waals surface area contributed by atoms with Crippen molar-refractivity contribution in [3.63, 3.8) is 0 Å². The second kappa shape index (κ2) is 7.47. The van der Waals surface area contributed by atoms with Crippen molar-refractivity contribution < 1.29 is 9.53 Å². The number of carbonyl (C=O) groups is 1. The summed E-state index contributed by atoms with van der Waals surface area (Å²) < 4.78 is 5.98. The Hall–Kier alpha value is -3.07. The number of primary amides is 1. The molecule has 0 spiro atoms. The Labute approximate surface area is 141 Å². The highest BCUT2D eigenvalue weighted by Crippen LogP contribution is 2.22. The molecule has 2 N–H and O–H groups in total. The van der Waals surface area contributed by atoms with Crippen molar-refractivity contribution in [2.24, 2.45) is 5.73 Å². The lowest BCUT2D eigenvalue weighted by atomic mass is 10.0. The van der Waals surface area contributed by atoms with Gasteiger partial charge in [0.15, 0.2) is 0 Å². The second-order valence-electron chi connectivity index (χ2n) is 5.62. The van der Waals surface area contributed by atoms with Crippen molar-refractivity contribution in [3.05, 3.63) is 101 Å². The first-order chi connectivity index (χ1) is 11.7. The van der Waals surface area contributed by atoms with Gasteiger partial charge in [0.1, 0.15) is 12.4 Å². The average Bonchev–Trinajstić information content (AvgIpc) is 2.62. The summed E-state index contributed by atoms with van der Waals surface area (Å²) in [6, 6.07) is 25.5. The zero-order valence-corrected chi connectivity index (χ0v) is 13.3. The number of hydrogen-bond acceptors (Lipinski definition) is 2. The molecule has 3 rings (SSSR count). The summed E-state index contributed by atoms with van der Waals surface area (Å²) in [4.78, 5) is 11.1. The third-order valence-electron chi connectivity index (χ3n) is 3.84. The zero-order chi connectivity index (χ0) is 16.8. The van der Waals surface area contributed by atoms with Crippen LogP contribution in [0.3, 0.4) is 0 Å². The van der Waals surface area contributed by atoms with E-state index >= 15 is 0 Å². The number of hydrogen-bond donors (Lipinski definition) is 1. The molecule has 0 saturated heterocycles. The van der Waals surface area contributed by atoms with Crippen LogP contribution in [0.2, 0.25) is 0 Å². The molecule has 0 unspecified atom stereocenters. The Bertz CT molecular complexity index is 811. The fourth-order valence-corrected chi connectivity index (χ4v) is 2.53. The minimum atomic E-state index is -0.421. The van der Waals surface area contributed by atoms with E-state index in [1.165, 1.54) is 5.56 Å². The van der Waals surface area contributed by atoms with Gasteiger partial charge in [-0.2, -0.15) is 0 Å². The van der Waals surface area contributed by atoms with E-state index in [4.69, 9.17) is 10.5 Å². The Balaban J connectivity index is 1.70. The average molecular weight is 317 g/mol. The number of carbonyl (C=O) groups excluding carboxylic acids is 1. The monoisotopic (exact) mass is 317 g/mol. The molecule has 0 atom stereocenters. The fraction of sp³-hybridized carbons (Fsp3) is 0.0952. The largest absolute Gasteiger partial charge is 0.489 e. The highest BCUT2D eigenvalue weighted by atomic mass is 16.5. The van der Waals surface area contributed by atoms with E-state index in [-0.39, 0.29) is 0 Å². The quantitative estimate of drug-likeness (QED) is 0.748. The SMILES string of the molecule is NC(=O)c1ccc(COc2ccccc2Cc2ccccc2)cc1. The molecule has 0 radical (unpaired) electrons. The van der Waals surface area contributed by atoms with Gasteiger partial charge >= 0.3 is 0 Å². The van der Waals surface area contributed by atoms with Gasteiger partial charge in [-0.05, 0) is 34.9 Å². The van der Waals surface area contributed by atoms with Crippen molar-refractivity contribution in [2.45, 2.75) is 13.0 Å². The third-order valence-corrected chi connectivity index (χ3v) is 3.84. The van der Waals surface area contributed by atoms with Crippen molar-refractivity contribution in [1.29, 1.82) is 0 Å². The molecule has 0 bridgehead atoms. The van der Waals surface area contributed by atoms with Crippen molar-refractivity contribution >= 4 is 5.91 Å². The molecule has 120 valence electrons. The zero-order valence-electron chi connectivity index (χ0n) is 13.3. The van der Waals surface area contributed by atoms with Crippen LogP contribution in [0, 0.1) is 0 Å². The summed E-state index contributed by atoms with van der Waals surface area (Å²) in [5.74, 6) is 0.455. The van der Waals surface area contributed by atoms with Crippen molar-refractivity contribution in [1.82, 2.24) is 0 Å². The first-order valence-electron chi connectivity index (χ1n) is 7.86. The molecule has 0 aliphatic heterocycles. The van der Waals surface area contributed by atoms with Crippen LogP contribution >= 0.6 is 0 Å². The molecule has 0 heterocycles. The smallest absolute Gasteiger partial charge is 0.248 e. The molecule has 0 aromatic heterocycles. The number of nitrogens with two attached hydrogens (primary N) is 1. The van der Waals surface area contributed by atoms with Crippen LogP contribution < -0.4 is 10.5 Å². The molecule has 3 nitrogen and oxygen atoms in total. The van der Waals surface area contributed by atoms with Gasteiger partial charge in [-0.1, -0.05) is 60.7 Å². The predicted octanol–water partition coefficient (Wildman–Crippen LogP) is 3.96. The standard InChI is InChI=1S/C21H19NO2/c22-21(23)18-12-10-17(11-13-18)15-24-20-9-5-4-8-19(20)14-16-6-2-1-3-7-16/h1-13H,14-15H2,(H2,22,23). The summed E-state index contributed by atoms with van der Waals surface area (Å²) in [5, 5.41) is 0. The van der Waals surface area contributed by atoms with E-state index < -0.39 is 5.91 Å². The number of amides is 1. The lowest BCUT2D eigenvalue weighted by Crippen LogP contribution is -2.10. The number of ether oxygens (including phenoxy) is 1. The Morgan fingerprint density at radius 3 is 2.17 bits per heavy atom. The molecule has 0 aliphatic carbocycles. The molecular formula is C21H19NO2. The van der Waals surface area contributed by atoms with Gasteiger partial charge in [0.2, 0.25) is 5.91 Å². The normalized spacial score (nSPS) is 10.3. The lowest BCUT2D eigenvalue weighted by molar-refractivity contribution is 0.1000. The van der Waals surface area contributed by atoms with E-state index in [0.29, 0.717) is 12.2 Å². The predicted molar refractivity (Wildman–Crippen MR) is 95.0 cm³/mol. The molecule has 1 amide bonds. The van der Waals surface area contributed by atoms with Crippen LogP contribution in [0.15, 0.2) is 78.9 Å². The second-order valence-corrected chi connectivity index (χ2v) is 5.62. The minimum Gasteiger partial charge on any atom is -0.489 e.